The number of aryl methyl sites for hydroxylation is 1. The number of rotatable bonds is 7. The minimum absolute atomic E-state index is 0.366. The number of thiophene rings is 1. The molecule has 0 aromatic carbocycles. The van der Waals surface area contributed by atoms with Crippen LogP contribution in [-0.2, 0) is 0 Å². The maximum atomic E-state index is 5.95. The van der Waals surface area contributed by atoms with Gasteiger partial charge in [0, 0.05) is 11.4 Å². The standard InChI is InChI=1S/C15H24N2S/c1-10-6-7-18-15(10)14(8-16)17-9-13(11-2-3-11)12-4-5-12/h6-7,11-14,17H,2-5,8-9,16H2,1H3. The molecule has 100 valence electrons. The highest BCUT2D eigenvalue weighted by molar-refractivity contribution is 7.10. The Labute approximate surface area is 114 Å². The molecule has 2 nitrogen and oxygen atoms in total. The van der Waals surface area contributed by atoms with Crippen molar-refractivity contribution >= 4 is 11.3 Å². The smallest absolute Gasteiger partial charge is 0.0542 e. The second-order valence-electron chi connectivity index (χ2n) is 6.00. The predicted octanol–water partition coefficient (Wildman–Crippen LogP) is 3.08. The van der Waals surface area contributed by atoms with Crippen LogP contribution in [0, 0.1) is 24.7 Å². The van der Waals surface area contributed by atoms with Gasteiger partial charge in [0.05, 0.1) is 6.04 Å². The van der Waals surface area contributed by atoms with Gasteiger partial charge in [-0.25, -0.2) is 0 Å². The normalized spacial score (nSPS) is 21.5. The fraction of sp³-hybridized carbons (Fsp3) is 0.733. The molecule has 2 saturated carbocycles. The molecule has 1 unspecified atom stereocenters. The van der Waals surface area contributed by atoms with Gasteiger partial charge < -0.3 is 11.1 Å². The van der Waals surface area contributed by atoms with E-state index in [0.717, 1.165) is 17.8 Å². The Morgan fingerprint density at radius 2 is 2.00 bits per heavy atom. The van der Waals surface area contributed by atoms with Crippen LogP contribution in [0.3, 0.4) is 0 Å². The molecule has 1 aromatic rings. The lowest BCUT2D eigenvalue weighted by Crippen LogP contribution is -2.33. The summed E-state index contributed by atoms with van der Waals surface area (Å²) in [4.78, 5) is 1.43. The average molecular weight is 264 g/mol. The summed E-state index contributed by atoms with van der Waals surface area (Å²) < 4.78 is 0. The van der Waals surface area contributed by atoms with Gasteiger partial charge in [0.15, 0.2) is 0 Å². The summed E-state index contributed by atoms with van der Waals surface area (Å²) in [7, 11) is 0. The summed E-state index contributed by atoms with van der Waals surface area (Å²) in [5, 5.41) is 5.92. The summed E-state index contributed by atoms with van der Waals surface area (Å²) in [5.74, 6) is 2.97. The zero-order valence-corrected chi connectivity index (χ0v) is 12.0. The minimum atomic E-state index is 0.366. The maximum absolute atomic E-state index is 5.95. The lowest BCUT2D eigenvalue weighted by atomic mass is 9.97. The first kappa shape index (κ1) is 12.6. The number of nitrogens with two attached hydrogens (primary N) is 1. The summed E-state index contributed by atoms with van der Waals surface area (Å²) in [6, 6.07) is 2.56. The van der Waals surface area contributed by atoms with Gasteiger partial charge in [-0.3, -0.25) is 0 Å². The van der Waals surface area contributed by atoms with Crippen molar-refractivity contribution in [2.24, 2.45) is 23.5 Å². The van der Waals surface area contributed by atoms with E-state index in [9.17, 15) is 0 Å². The summed E-state index contributed by atoms with van der Waals surface area (Å²) in [5.41, 5.74) is 7.33. The van der Waals surface area contributed by atoms with Crippen molar-refractivity contribution < 1.29 is 0 Å². The molecule has 1 atom stereocenters. The van der Waals surface area contributed by atoms with Crippen molar-refractivity contribution in [3.8, 4) is 0 Å². The van der Waals surface area contributed by atoms with Gasteiger partial charge in [0.25, 0.3) is 0 Å². The van der Waals surface area contributed by atoms with Crippen LogP contribution >= 0.6 is 11.3 Å². The molecular formula is C15H24N2S. The zero-order valence-electron chi connectivity index (χ0n) is 11.2. The van der Waals surface area contributed by atoms with Gasteiger partial charge in [-0.15, -0.1) is 11.3 Å². The Morgan fingerprint density at radius 1 is 1.33 bits per heavy atom. The summed E-state index contributed by atoms with van der Waals surface area (Å²) in [6.07, 6.45) is 5.87. The third-order valence-electron chi connectivity index (χ3n) is 4.51. The topological polar surface area (TPSA) is 38.0 Å². The molecule has 0 aliphatic heterocycles. The molecule has 1 aromatic heterocycles. The van der Waals surface area contributed by atoms with Gasteiger partial charge in [-0.2, -0.15) is 0 Å². The molecule has 2 aliphatic carbocycles. The Hall–Kier alpha value is -0.380. The van der Waals surface area contributed by atoms with E-state index >= 15 is 0 Å². The lowest BCUT2D eigenvalue weighted by molar-refractivity contribution is 0.358. The van der Waals surface area contributed by atoms with Crippen molar-refractivity contribution in [3.05, 3.63) is 21.9 Å². The SMILES string of the molecule is Cc1ccsc1C(CN)NCC(C1CC1)C1CC1. The quantitative estimate of drug-likeness (QED) is 0.794. The van der Waals surface area contributed by atoms with Crippen molar-refractivity contribution in [1.29, 1.82) is 0 Å². The van der Waals surface area contributed by atoms with E-state index in [0.29, 0.717) is 12.6 Å². The van der Waals surface area contributed by atoms with Crippen LogP contribution in [0.25, 0.3) is 0 Å². The largest absolute Gasteiger partial charge is 0.329 e. The average Bonchev–Trinajstić information content (AvgIpc) is 3.26. The minimum Gasteiger partial charge on any atom is -0.329 e. The van der Waals surface area contributed by atoms with Gasteiger partial charge in [0.2, 0.25) is 0 Å². The van der Waals surface area contributed by atoms with Crippen LogP contribution in [0.2, 0.25) is 0 Å². The Kier molecular flexibility index (Phi) is 3.73. The first-order valence-corrected chi connectivity index (χ1v) is 8.15. The van der Waals surface area contributed by atoms with Crippen LogP contribution in [0.4, 0.5) is 0 Å². The van der Waals surface area contributed by atoms with Crippen molar-refractivity contribution in [2.75, 3.05) is 13.1 Å². The summed E-state index contributed by atoms with van der Waals surface area (Å²) >= 11 is 1.84. The molecule has 18 heavy (non-hydrogen) atoms. The Morgan fingerprint density at radius 3 is 2.44 bits per heavy atom. The van der Waals surface area contributed by atoms with Gasteiger partial charge in [-0.1, -0.05) is 0 Å². The second-order valence-corrected chi connectivity index (χ2v) is 6.95. The van der Waals surface area contributed by atoms with Crippen LogP contribution < -0.4 is 11.1 Å². The third-order valence-corrected chi connectivity index (χ3v) is 5.64. The van der Waals surface area contributed by atoms with E-state index in [1.54, 1.807) is 0 Å². The van der Waals surface area contributed by atoms with Gasteiger partial charge >= 0.3 is 0 Å². The fourth-order valence-electron chi connectivity index (χ4n) is 3.07. The maximum Gasteiger partial charge on any atom is 0.0542 e. The molecular weight excluding hydrogens is 240 g/mol. The first-order valence-electron chi connectivity index (χ1n) is 7.27. The van der Waals surface area contributed by atoms with E-state index in [2.05, 4.69) is 23.7 Å². The molecule has 3 heteroatoms. The first-order chi connectivity index (χ1) is 8.79. The second kappa shape index (κ2) is 5.32. The van der Waals surface area contributed by atoms with E-state index < -0.39 is 0 Å². The predicted molar refractivity (Wildman–Crippen MR) is 77.8 cm³/mol. The third kappa shape index (κ3) is 2.79. The van der Waals surface area contributed by atoms with Crippen molar-refractivity contribution in [3.63, 3.8) is 0 Å². The van der Waals surface area contributed by atoms with Crippen LogP contribution in [-0.4, -0.2) is 13.1 Å². The lowest BCUT2D eigenvalue weighted by Gasteiger charge is -2.22. The van der Waals surface area contributed by atoms with E-state index in [1.807, 2.05) is 11.3 Å². The molecule has 2 aliphatic rings. The molecule has 0 bridgehead atoms. The molecule has 3 rings (SSSR count). The highest BCUT2D eigenvalue weighted by Gasteiger charge is 2.41. The number of hydrogen-bond donors (Lipinski definition) is 2. The van der Waals surface area contributed by atoms with E-state index in [4.69, 9.17) is 5.73 Å². The number of hydrogen-bond acceptors (Lipinski definition) is 3. The monoisotopic (exact) mass is 264 g/mol. The molecule has 0 amide bonds. The highest BCUT2D eigenvalue weighted by atomic mass is 32.1. The van der Waals surface area contributed by atoms with Gasteiger partial charge in [-0.05, 0) is 73.9 Å². The van der Waals surface area contributed by atoms with Crippen LogP contribution in [0.15, 0.2) is 11.4 Å². The molecule has 3 N–H and O–H groups in total. The molecule has 0 radical (unpaired) electrons. The molecule has 1 heterocycles. The zero-order chi connectivity index (χ0) is 12.5. The Bertz CT molecular complexity index is 381. The van der Waals surface area contributed by atoms with Gasteiger partial charge in [0.1, 0.15) is 0 Å². The molecule has 0 spiro atoms. The van der Waals surface area contributed by atoms with Crippen LogP contribution in [0.5, 0.6) is 0 Å². The Balaban J connectivity index is 1.58. The van der Waals surface area contributed by atoms with Crippen molar-refractivity contribution in [1.82, 2.24) is 5.32 Å². The molecule has 2 fully saturated rings. The van der Waals surface area contributed by atoms with Crippen LogP contribution in [0.1, 0.15) is 42.2 Å². The highest BCUT2D eigenvalue weighted by Crippen LogP contribution is 2.49. The van der Waals surface area contributed by atoms with E-state index in [-0.39, 0.29) is 0 Å². The fourth-order valence-corrected chi connectivity index (χ4v) is 4.09. The summed E-state index contributed by atoms with van der Waals surface area (Å²) in [6.45, 7) is 4.08. The number of nitrogens with one attached hydrogen (secondary N) is 1. The van der Waals surface area contributed by atoms with E-state index in [1.165, 1.54) is 42.7 Å². The van der Waals surface area contributed by atoms with Crippen molar-refractivity contribution in [2.45, 2.75) is 38.6 Å². The molecule has 0 saturated heterocycles.